The Morgan fingerprint density at radius 2 is 1.52 bits per heavy atom. The van der Waals surface area contributed by atoms with Crippen molar-refractivity contribution < 1.29 is 14.3 Å². The fourth-order valence-electron chi connectivity index (χ4n) is 4.49. The highest BCUT2D eigenvalue weighted by molar-refractivity contribution is 6.04. The van der Waals surface area contributed by atoms with E-state index in [1.807, 2.05) is 24.3 Å². The quantitative estimate of drug-likeness (QED) is 0.787. The van der Waals surface area contributed by atoms with Gasteiger partial charge < -0.3 is 19.9 Å². The van der Waals surface area contributed by atoms with E-state index < -0.39 is 0 Å². The summed E-state index contributed by atoms with van der Waals surface area (Å²) in [5, 5.41) is 2.93. The van der Waals surface area contributed by atoms with E-state index in [0.717, 1.165) is 56.1 Å². The first-order valence-electron chi connectivity index (χ1n) is 11.2. The molecule has 2 fully saturated rings. The number of nitrogens with zero attached hydrogens (tertiary/aromatic N) is 2. The molecule has 0 bridgehead atoms. The summed E-state index contributed by atoms with van der Waals surface area (Å²) in [6, 6.07) is 15.0. The number of carbonyl (C=O) groups excluding carboxylic acids is 2. The predicted molar refractivity (Wildman–Crippen MR) is 123 cm³/mol. The molecule has 164 valence electrons. The van der Waals surface area contributed by atoms with Crippen LogP contribution in [0.1, 0.15) is 42.5 Å². The maximum Gasteiger partial charge on any atom is 0.255 e. The first-order valence-corrected chi connectivity index (χ1v) is 11.2. The van der Waals surface area contributed by atoms with Crippen molar-refractivity contribution in [2.45, 2.75) is 32.1 Å². The van der Waals surface area contributed by atoms with E-state index in [-0.39, 0.29) is 11.8 Å². The number of nitrogens with one attached hydrogen (secondary N) is 1. The lowest BCUT2D eigenvalue weighted by Crippen LogP contribution is -2.50. The van der Waals surface area contributed by atoms with Crippen LogP contribution in [0.25, 0.3) is 0 Å². The molecule has 6 heteroatoms. The van der Waals surface area contributed by atoms with Gasteiger partial charge in [-0.2, -0.15) is 0 Å². The first kappa shape index (κ1) is 21.2. The molecule has 31 heavy (non-hydrogen) atoms. The number of amides is 2. The Morgan fingerprint density at radius 3 is 2.13 bits per heavy atom. The average molecular weight is 422 g/mol. The molecule has 0 radical (unpaired) electrons. The zero-order chi connectivity index (χ0) is 21.6. The van der Waals surface area contributed by atoms with E-state index in [1.165, 1.54) is 19.3 Å². The lowest BCUT2D eigenvalue weighted by Gasteiger charge is -2.38. The summed E-state index contributed by atoms with van der Waals surface area (Å²) in [7, 11) is 1.60. The van der Waals surface area contributed by atoms with Gasteiger partial charge in [-0.15, -0.1) is 0 Å². The number of methoxy groups -OCH3 is 1. The normalized spacial score (nSPS) is 17.3. The van der Waals surface area contributed by atoms with Crippen LogP contribution in [0.3, 0.4) is 0 Å². The number of hydrogen-bond donors (Lipinski definition) is 1. The number of anilines is 2. The van der Waals surface area contributed by atoms with Crippen LogP contribution in [0, 0.1) is 5.92 Å². The Morgan fingerprint density at radius 1 is 0.871 bits per heavy atom. The topological polar surface area (TPSA) is 61.9 Å². The van der Waals surface area contributed by atoms with Crippen LogP contribution >= 0.6 is 0 Å². The Kier molecular flexibility index (Phi) is 6.75. The van der Waals surface area contributed by atoms with Crippen LogP contribution in [0.4, 0.5) is 11.4 Å². The molecular weight excluding hydrogens is 390 g/mol. The second kappa shape index (κ2) is 9.86. The van der Waals surface area contributed by atoms with Crippen LogP contribution in [-0.4, -0.2) is 50.0 Å². The Labute approximate surface area is 184 Å². The van der Waals surface area contributed by atoms with Crippen LogP contribution < -0.4 is 15.0 Å². The standard InChI is InChI=1S/C25H31N3O3/c1-31-23-13-7-19(8-14-23)24(29)26-21-9-11-22(12-10-21)27-15-17-28(18-16-27)25(30)20-5-3-2-4-6-20/h7-14,20H,2-6,15-18H2,1H3,(H,26,29). The highest BCUT2D eigenvalue weighted by Crippen LogP contribution is 2.27. The van der Waals surface area contributed by atoms with Crippen molar-refractivity contribution in [1.82, 2.24) is 4.90 Å². The minimum atomic E-state index is -0.148. The lowest BCUT2D eigenvalue weighted by molar-refractivity contribution is -0.136. The van der Waals surface area contributed by atoms with Crippen LogP contribution in [-0.2, 0) is 4.79 Å². The summed E-state index contributed by atoms with van der Waals surface area (Å²) in [6.45, 7) is 3.25. The molecule has 1 saturated carbocycles. The van der Waals surface area contributed by atoms with Gasteiger partial charge in [0.15, 0.2) is 0 Å². The average Bonchev–Trinajstić information content (AvgIpc) is 2.85. The molecule has 2 amide bonds. The zero-order valence-corrected chi connectivity index (χ0v) is 18.2. The molecule has 1 N–H and O–H groups in total. The van der Waals surface area contributed by atoms with Crippen molar-refractivity contribution in [3.8, 4) is 5.75 Å². The third-order valence-electron chi connectivity index (χ3n) is 6.39. The molecule has 6 nitrogen and oxygen atoms in total. The van der Waals surface area contributed by atoms with E-state index in [2.05, 4.69) is 15.1 Å². The monoisotopic (exact) mass is 421 g/mol. The molecule has 2 aromatic carbocycles. The number of ether oxygens (including phenoxy) is 1. The maximum atomic E-state index is 12.8. The van der Waals surface area contributed by atoms with Crippen molar-refractivity contribution in [3.63, 3.8) is 0 Å². The molecule has 4 rings (SSSR count). The third-order valence-corrected chi connectivity index (χ3v) is 6.39. The summed E-state index contributed by atoms with van der Waals surface area (Å²) in [5.74, 6) is 1.18. The molecule has 2 aromatic rings. The first-order chi connectivity index (χ1) is 15.1. The van der Waals surface area contributed by atoms with Gasteiger partial charge in [-0.1, -0.05) is 19.3 Å². The molecule has 2 aliphatic rings. The number of hydrogen-bond acceptors (Lipinski definition) is 4. The second-order valence-corrected chi connectivity index (χ2v) is 8.38. The lowest BCUT2D eigenvalue weighted by atomic mass is 9.88. The summed E-state index contributed by atoms with van der Waals surface area (Å²) in [4.78, 5) is 29.5. The van der Waals surface area contributed by atoms with Gasteiger partial charge in [0, 0.05) is 49.0 Å². The van der Waals surface area contributed by atoms with Crippen molar-refractivity contribution in [2.75, 3.05) is 43.5 Å². The number of benzene rings is 2. The largest absolute Gasteiger partial charge is 0.497 e. The molecule has 1 heterocycles. The van der Waals surface area contributed by atoms with Gasteiger partial charge in [0.1, 0.15) is 5.75 Å². The van der Waals surface area contributed by atoms with E-state index in [9.17, 15) is 9.59 Å². The zero-order valence-electron chi connectivity index (χ0n) is 18.2. The Balaban J connectivity index is 1.29. The fraction of sp³-hybridized carbons (Fsp3) is 0.440. The maximum absolute atomic E-state index is 12.8. The SMILES string of the molecule is COc1ccc(C(=O)Nc2ccc(N3CCN(C(=O)C4CCCCC4)CC3)cc2)cc1. The molecule has 0 atom stereocenters. The van der Waals surface area contributed by atoms with E-state index in [1.54, 1.807) is 31.4 Å². The predicted octanol–water partition coefficient (Wildman–Crippen LogP) is 4.18. The second-order valence-electron chi connectivity index (χ2n) is 8.38. The molecule has 0 unspecified atom stereocenters. The van der Waals surface area contributed by atoms with Crippen LogP contribution in [0.5, 0.6) is 5.75 Å². The number of piperazine rings is 1. The van der Waals surface area contributed by atoms with E-state index in [0.29, 0.717) is 11.5 Å². The molecule has 1 aliphatic carbocycles. The molecule has 1 aliphatic heterocycles. The molecule has 0 aromatic heterocycles. The van der Waals surface area contributed by atoms with E-state index >= 15 is 0 Å². The van der Waals surface area contributed by atoms with Gasteiger partial charge in [-0.3, -0.25) is 9.59 Å². The van der Waals surface area contributed by atoms with Gasteiger partial charge in [-0.05, 0) is 61.4 Å². The Bertz CT molecular complexity index is 881. The van der Waals surface area contributed by atoms with Crippen molar-refractivity contribution in [2.24, 2.45) is 5.92 Å². The van der Waals surface area contributed by atoms with E-state index in [4.69, 9.17) is 4.74 Å². The minimum absolute atomic E-state index is 0.148. The smallest absolute Gasteiger partial charge is 0.255 e. The fourth-order valence-corrected chi connectivity index (χ4v) is 4.49. The summed E-state index contributed by atoms with van der Waals surface area (Å²) >= 11 is 0. The van der Waals surface area contributed by atoms with Gasteiger partial charge >= 0.3 is 0 Å². The Hall–Kier alpha value is -3.02. The summed E-state index contributed by atoms with van der Waals surface area (Å²) in [6.07, 6.45) is 5.77. The highest BCUT2D eigenvalue weighted by atomic mass is 16.5. The van der Waals surface area contributed by atoms with Crippen molar-refractivity contribution >= 4 is 23.2 Å². The number of rotatable bonds is 5. The van der Waals surface area contributed by atoms with Gasteiger partial charge in [0.2, 0.25) is 5.91 Å². The summed E-state index contributed by atoms with van der Waals surface area (Å²) in [5.41, 5.74) is 2.46. The van der Waals surface area contributed by atoms with Crippen LogP contribution in [0.15, 0.2) is 48.5 Å². The molecule has 0 spiro atoms. The van der Waals surface area contributed by atoms with Gasteiger partial charge in [0.05, 0.1) is 7.11 Å². The number of carbonyl (C=O) groups is 2. The highest BCUT2D eigenvalue weighted by Gasteiger charge is 2.28. The van der Waals surface area contributed by atoms with Crippen molar-refractivity contribution in [3.05, 3.63) is 54.1 Å². The minimum Gasteiger partial charge on any atom is -0.497 e. The molecule has 1 saturated heterocycles. The third kappa shape index (κ3) is 5.19. The van der Waals surface area contributed by atoms with Gasteiger partial charge in [-0.25, -0.2) is 0 Å². The molecular formula is C25H31N3O3. The summed E-state index contributed by atoms with van der Waals surface area (Å²) < 4.78 is 5.13. The van der Waals surface area contributed by atoms with Crippen LogP contribution in [0.2, 0.25) is 0 Å². The van der Waals surface area contributed by atoms with Gasteiger partial charge in [0.25, 0.3) is 5.91 Å². The van der Waals surface area contributed by atoms with Crippen molar-refractivity contribution in [1.29, 1.82) is 0 Å².